The van der Waals surface area contributed by atoms with E-state index in [1.54, 1.807) is 19.2 Å². The van der Waals surface area contributed by atoms with Gasteiger partial charge in [0.25, 0.3) is 0 Å². The SMILES string of the molecule is CC(C)Oc1ncccc1NCC(C)C(=O)O. The van der Waals surface area contributed by atoms with Crippen molar-refractivity contribution >= 4 is 11.7 Å². The molecular formula is C12H18N2O3. The van der Waals surface area contributed by atoms with Crippen LogP contribution >= 0.6 is 0 Å². The molecule has 17 heavy (non-hydrogen) atoms. The van der Waals surface area contributed by atoms with Gasteiger partial charge >= 0.3 is 5.97 Å². The summed E-state index contributed by atoms with van der Waals surface area (Å²) in [6.07, 6.45) is 1.67. The molecule has 0 saturated heterocycles. The van der Waals surface area contributed by atoms with E-state index in [0.717, 1.165) is 0 Å². The Morgan fingerprint density at radius 1 is 1.53 bits per heavy atom. The van der Waals surface area contributed by atoms with E-state index in [-0.39, 0.29) is 6.10 Å². The quantitative estimate of drug-likeness (QED) is 0.793. The van der Waals surface area contributed by atoms with Gasteiger partial charge in [-0.3, -0.25) is 4.79 Å². The first-order valence-corrected chi connectivity index (χ1v) is 5.59. The number of rotatable bonds is 6. The number of nitrogens with one attached hydrogen (secondary N) is 1. The second kappa shape index (κ2) is 6.08. The predicted octanol–water partition coefficient (Wildman–Crippen LogP) is 2.00. The first-order valence-electron chi connectivity index (χ1n) is 5.59. The summed E-state index contributed by atoms with van der Waals surface area (Å²) in [6.45, 7) is 5.82. The molecule has 0 fully saturated rings. The van der Waals surface area contributed by atoms with E-state index < -0.39 is 11.9 Å². The van der Waals surface area contributed by atoms with Crippen molar-refractivity contribution in [3.8, 4) is 5.88 Å². The summed E-state index contributed by atoms with van der Waals surface area (Å²) in [7, 11) is 0. The molecule has 1 heterocycles. The van der Waals surface area contributed by atoms with Crippen LogP contribution < -0.4 is 10.1 Å². The number of pyridine rings is 1. The van der Waals surface area contributed by atoms with Gasteiger partial charge in [-0.2, -0.15) is 0 Å². The summed E-state index contributed by atoms with van der Waals surface area (Å²) in [6, 6.07) is 3.60. The second-order valence-corrected chi connectivity index (χ2v) is 4.14. The number of carbonyl (C=O) groups is 1. The molecular weight excluding hydrogens is 220 g/mol. The van der Waals surface area contributed by atoms with E-state index in [1.807, 2.05) is 19.9 Å². The molecule has 2 N–H and O–H groups in total. The van der Waals surface area contributed by atoms with E-state index in [9.17, 15) is 4.79 Å². The largest absolute Gasteiger partial charge is 0.481 e. The summed E-state index contributed by atoms with van der Waals surface area (Å²) >= 11 is 0. The Morgan fingerprint density at radius 3 is 2.82 bits per heavy atom. The maximum absolute atomic E-state index is 10.7. The van der Waals surface area contributed by atoms with Crippen LogP contribution in [0.4, 0.5) is 5.69 Å². The third kappa shape index (κ3) is 4.30. The molecule has 5 nitrogen and oxygen atoms in total. The maximum atomic E-state index is 10.7. The second-order valence-electron chi connectivity index (χ2n) is 4.14. The molecule has 0 saturated carbocycles. The minimum absolute atomic E-state index is 0.0300. The third-order valence-corrected chi connectivity index (χ3v) is 2.14. The van der Waals surface area contributed by atoms with E-state index in [2.05, 4.69) is 10.3 Å². The lowest BCUT2D eigenvalue weighted by Gasteiger charge is -2.15. The van der Waals surface area contributed by atoms with Gasteiger partial charge in [-0.1, -0.05) is 6.92 Å². The number of nitrogens with zero attached hydrogens (tertiary/aromatic N) is 1. The van der Waals surface area contributed by atoms with Crippen molar-refractivity contribution in [2.24, 2.45) is 5.92 Å². The van der Waals surface area contributed by atoms with Gasteiger partial charge in [0.05, 0.1) is 17.7 Å². The molecule has 1 rings (SSSR count). The normalized spacial score (nSPS) is 12.2. The van der Waals surface area contributed by atoms with Crippen LogP contribution in [0.2, 0.25) is 0 Å². The molecule has 1 aromatic rings. The first kappa shape index (κ1) is 13.3. The van der Waals surface area contributed by atoms with Crippen molar-refractivity contribution in [2.75, 3.05) is 11.9 Å². The molecule has 5 heteroatoms. The summed E-state index contributed by atoms with van der Waals surface area (Å²) in [5.41, 5.74) is 0.717. The maximum Gasteiger partial charge on any atom is 0.308 e. The highest BCUT2D eigenvalue weighted by molar-refractivity contribution is 5.70. The van der Waals surface area contributed by atoms with Crippen LogP contribution in [0, 0.1) is 5.92 Å². The molecule has 0 aliphatic rings. The fourth-order valence-electron chi connectivity index (χ4n) is 1.19. The highest BCUT2D eigenvalue weighted by atomic mass is 16.5. The number of carboxylic acid groups (broad SMARTS) is 1. The van der Waals surface area contributed by atoms with Gasteiger partial charge in [0.2, 0.25) is 5.88 Å². The highest BCUT2D eigenvalue weighted by Crippen LogP contribution is 2.21. The first-order chi connectivity index (χ1) is 8.00. The third-order valence-electron chi connectivity index (χ3n) is 2.14. The monoisotopic (exact) mass is 238 g/mol. The summed E-state index contributed by atoms with van der Waals surface area (Å²) in [4.78, 5) is 14.8. The van der Waals surface area contributed by atoms with Crippen LogP contribution in [0.5, 0.6) is 5.88 Å². The zero-order valence-corrected chi connectivity index (χ0v) is 10.3. The summed E-state index contributed by atoms with van der Waals surface area (Å²) in [5, 5.41) is 11.8. The van der Waals surface area contributed by atoms with Crippen molar-refractivity contribution in [3.63, 3.8) is 0 Å². The Labute approximate surface area is 101 Å². The van der Waals surface area contributed by atoms with Gasteiger partial charge in [0, 0.05) is 12.7 Å². The molecule has 0 amide bonds. The number of anilines is 1. The molecule has 94 valence electrons. The number of aliphatic carboxylic acids is 1. The molecule has 0 bridgehead atoms. The molecule has 0 spiro atoms. The smallest absolute Gasteiger partial charge is 0.308 e. The van der Waals surface area contributed by atoms with Crippen LogP contribution in [0.15, 0.2) is 18.3 Å². The van der Waals surface area contributed by atoms with Gasteiger partial charge in [0.15, 0.2) is 0 Å². The molecule has 0 aliphatic carbocycles. The van der Waals surface area contributed by atoms with Crippen molar-refractivity contribution in [3.05, 3.63) is 18.3 Å². The number of ether oxygens (including phenoxy) is 1. The van der Waals surface area contributed by atoms with Crippen LogP contribution in [-0.4, -0.2) is 28.7 Å². The minimum Gasteiger partial charge on any atom is -0.481 e. The Balaban J connectivity index is 2.66. The van der Waals surface area contributed by atoms with Crippen LogP contribution in [0.3, 0.4) is 0 Å². The van der Waals surface area contributed by atoms with Gasteiger partial charge < -0.3 is 15.2 Å². The minimum atomic E-state index is -0.826. The van der Waals surface area contributed by atoms with E-state index >= 15 is 0 Å². The lowest BCUT2D eigenvalue weighted by atomic mass is 10.2. The zero-order valence-electron chi connectivity index (χ0n) is 10.3. The number of hydrogen-bond donors (Lipinski definition) is 2. The number of carboxylic acids is 1. The molecule has 0 aliphatic heterocycles. The van der Waals surface area contributed by atoms with Crippen LogP contribution in [-0.2, 0) is 4.79 Å². The van der Waals surface area contributed by atoms with Gasteiger partial charge in [0.1, 0.15) is 0 Å². The van der Waals surface area contributed by atoms with Crippen molar-refractivity contribution < 1.29 is 14.6 Å². The lowest BCUT2D eigenvalue weighted by molar-refractivity contribution is -0.140. The van der Waals surface area contributed by atoms with E-state index in [4.69, 9.17) is 9.84 Å². The Kier molecular flexibility index (Phi) is 4.75. The lowest BCUT2D eigenvalue weighted by Crippen LogP contribution is -2.20. The summed E-state index contributed by atoms with van der Waals surface area (Å²) in [5.74, 6) is -0.782. The standard InChI is InChI=1S/C12H18N2O3/c1-8(2)17-11-10(5-4-6-13-11)14-7-9(3)12(15)16/h4-6,8-9,14H,7H2,1-3H3,(H,15,16). The molecule has 0 aromatic carbocycles. The van der Waals surface area contributed by atoms with Crippen LogP contribution in [0.1, 0.15) is 20.8 Å². The fraction of sp³-hybridized carbons (Fsp3) is 0.500. The molecule has 1 atom stereocenters. The average Bonchev–Trinajstić information content (AvgIpc) is 2.26. The topological polar surface area (TPSA) is 71.5 Å². The number of aromatic nitrogens is 1. The van der Waals surface area contributed by atoms with Crippen molar-refractivity contribution in [1.29, 1.82) is 0 Å². The summed E-state index contributed by atoms with van der Waals surface area (Å²) < 4.78 is 5.52. The van der Waals surface area contributed by atoms with Crippen LogP contribution in [0.25, 0.3) is 0 Å². The Morgan fingerprint density at radius 2 is 2.24 bits per heavy atom. The Bertz CT molecular complexity index is 380. The van der Waals surface area contributed by atoms with Crippen molar-refractivity contribution in [1.82, 2.24) is 4.98 Å². The fourth-order valence-corrected chi connectivity index (χ4v) is 1.19. The van der Waals surface area contributed by atoms with Gasteiger partial charge in [-0.05, 0) is 26.0 Å². The molecule has 1 aromatic heterocycles. The molecule has 0 radical (unpaired) electrons. The molecule has 1 unspecified atom stereocenters. The average molecular weight is 238 g/mol. The van der Waals surface area contributed by atoms with E-state index in [1.165, 1.54) is 0 Å². The van der Waals surface area contributed by atoms with Gasteiger partial charge in [-0.25, -0.2) is 4.98 Å². The highest BCUT2D eigenvalue weighted by Gasteiger charge is 2.12. The predicted molar refractivity (Wildman–Crippen MR) is 65.3 cm³/mol. The number of hydrogen-bond acceptors (Lipinski definition) is 4. The Hall–Kier alpha value is -1.78. The zero-order chi connectivity index (χ0) is 12.8. The van der Waals surface area contributed by atoms with E-state index in [0.29, 0.717) is 18.1 Å². The van der Waals surface area contributed by atoms with Crippen molar-refractivity contribution in [2.45, 2.75) is 26.9 Å². The van der Waals surface area contributed by atoms with Gasteiger partial charge in [-0.15, -0.1) is 0 Å².